The van der Waals surface area contributed by atoms with Gasteiger partial charge in [-0.15, -0.1) is 0 Å². The number of carbonyl (C=O) groups excluding carboxylic acids is 2. The first kappa shape index (κ1) is 16.5. The molecule has 2 aromatic rings. The molecule has 0 aromatic heterocycles. The Balaban J connectivity index is 1.78. The number of methoxy groups -OCH3 is 1. The molecular formula is C17H16FNO4. The highest BCUT2D eigenvalue weighted by Gasteiger charge is 2.13. The molecule has 1 amide bonds. The van der Waals surface area contributed by atoms with Gasteiger partial charge in [0.15, 0.2) is 6.61 Å². The normalized spacial score (nSPS) is 10.0. The number of amides is 1. The molecule has 0 radical (unpaired) electrons. The summed E-state index contributed by atoms with van der Waals surface area (Å²) in [7, 11) is 1.57. The van der Waals surface area contributed by atoms with Gasteiger partial charge in [-0.05, 0) is 29.8 Å². The van der Waals surface area contributed by atoms with Crippen LogP contribution in [0.2, 0.25) is 0 Å². The minimum Gasteiger partial charge on any atom is -0.497 e. The van der Waals surface area contributed by atoms with Gasteiger partial charge < -0.3 is 14.8 Å². The van der Waals surface area contributed by atoms with E-state index >= 15 is 0 Å². The quantitative estimate of drug-likeness (QED) is 0.830. The second kappa shape index (κ2) is 7.93. The molecule has 0 fully saturated rings. The highest BCUT2D eigenvalue weighted by atomic mass is 19.1. The fourth-order valence-electron chi connectivity index (χ4n) is 1.83. The largest absolute Gasteiger partial charge is 0.497 e. The van der Waals surface area contributed by atoms with Crippen molar-refractivity contribution in [2.45, 2.75) is 6.54 Å². The van der Waals surface area contributed by atoms with E-state index in [1.165, 1.54) is 18.2 Å². The van der Waals surface area contributed by atoms with E-state index in [2.05, 4.69) is 5.32 Å². The smallest absolute Gasteiger partial charge is 0.341 e. The van der Waals surface area contributed by atoms with Crippen molar-refractivity contribution in [3.63, 3.8) is 0 Å². The van der Waals surface area contributed by atoms with Crippen molar-refractivity contribution in [2.75, 3.05) is 13.7 Å². The molecule has 2 aromatic carbocycles. The Kier molecular flexibility index (Phi) is 5.68. The van der Waals surface area contributed by atoms with E-state index in [9.17, 15) is 14.0 Å². The lowest BCUT2D eigenvalue weighted by molar-refractivity contribution is -0.124. The number of rotatable bonds is 6. The molecule has 0 spiro atoms. The zero-order valence-corrected chi connectivity index (χ0v) is 12.5. The first-order valence-electron chi connectivity index (χ1n) is 6.91. The van der Waals surface area contributed by atoms with Crippen molar-refractivity contribution in [3.05, 3.63) is 65.5 Å². The maximum Gasteiger partial charge on any atom is 0.341 e. The second-order valence-corrected chi connectivity index (χ2v) is 4.68. The van der Waals surface area contributed by atoms with Crippen LogP contribution in [0.3, 0.4) is 0 Å². The summed E-state index contributed by atoms with van der Waals surface area (Å²) in [5.74, 6) is -1.30. The lowest BCUT2D eigenvalue weighted by Gasteiger charge is -2.07. The molecule has 0 unspecified atom stereocenters. The molecule has 2 rings (SSSR count). The van der Waals surface area contributed by atoms with Gasteiger partial charge in [-0.3, -0.25) is 4.79 Å². The van der Waals surface area contributed by atoms with Gasteiger partial charge in [0.05, 0.1) is 12.7 Å². The maximum absolute atomic E-state index is 13.4. The zero-order valence-electron chi connectivity index (χ0n) is 12.5. The van der Waals surface area contributed by atoms with Crippen LogP contribution in [-0.4, -0.2) is 25.6 Å². The Bertz CT molecular complexity index is 685. The van der Waals surface area contributed by atoms with Crippen molar-refractivity contribution in [1.29, 1.82) is 0 Å². The Morgan fingerprint density at radius 1 is 1.09 bits per heavy atom. The summed E-state index contributed by atoms with van der Waals surface area (Å²) >= 11 is 0. The lowest BCUT2D eigenvalue weighted by atomic mass is 10.2. The van der Waals surface area contributed by atoms with Gasteiger partial charge in [0, 0.05) is 6.54 Å². The monoisotopic (exact) mass is 317 g/mol. The molecule has 0 aliphatic carbocycles. The van der Waals surface area contributed by atoms with E-state index in [-0.39, 0.29) is 5.56 Å². The highest BCUT2D eigenvalue weighted by molar-refractivity contribution is 5.91. The summed E-state index contributed by atoms with van der Waals surface area (Å²) < 4.78 is 23.2. The number of ether oxygens (including phenoxy) is 2. The molecule has 0 saturated heterocycles. The molecule has 0 aliphatic heterocycles. The van der Waals surface area contributed by atoms with Crippen molar-refractivity contribution in [3.8, 4) is 5.75 Å². The Labute approximate surface area is 133 Å². The van der Waals surface area contributed by atoms with Crippen LogP contribution in [0.15, 0.2) is 48.5 Å². The summed E-state index contributed by atoms with van der Waals surface area (Å²) in [6, 6.07) is 12.6. The number of carbonyl (C=O) groups is 2. The van der Waals surface area contributed by atoms with Gasteiger partial charge in [-0.2, -0.15) is 0 Å². The number of esters is 1. The van der Waals surface area contributed by atoms with Crippen LogP contribution in [-0.2, 0) is 16.1 Å². The molecule has 0 aliphatic rings. The predicted molar refractivity (Wildman–Crippen MR) is 81.5 cm³/mol. The fraction of sp³-hybridized carbons (Fsp3) is 0.176. The average Bonchev–Trinajstić information content (AvgIpc) is 2.58. The van der Waals surface area contributed by atoms with Gasteiger partial charge in [0.25, 0.3) is 5.91 Å². The summed E-state index contributed by atoms with van der Waals surface area (Å²) in [5.41, 5.74) is 0.676. The molecule has 120 valence electrons. The van der Waals surface area contributed by atoms with Crippen LogP contribution < -0.4 is 10.1 Å². The van der Waals surface area contributed by atoms with Gasteiger partial charge >= 0.3 is 5.97 Å². The van der Waals surface area contributed by atoms with E-state index in [1.54, 1.807) is 19.2 Å². The van der Waals surface area contributed by atoms with Crippen molar-refractivity contribution >= 4 is 11.9 Å². The molecule has 23 heavy (non-hydrogen) atoms. The maximum atomic E-state index is 13.4. The second-order valence-electron chi connectivity index (χ2n) is 4.68. The van der Waals surface area contributed by atoms with E-state index in [1.807, 2.05) is 12.1 Å². The van der Waals surface area contributed by atoms with E-state index in [4.69, 9.17) is 9.47 Å². The summed E-state index contributed by atoms with van der Waals surface area (Å²) in [6.07, 6.45) is 0. The predicted octanol–water partition coefficient (Wildman–Crippen LogP) is 2.31. The molecule has 0 bridgehead atoms. The Morgan fingerprint density at radius 3 is 2.43 bits per heavy atom. The summed E-state index contributed by atoms with van der Waals surface area (Å²) in [5, 5.41) is 2.61. The number of nitrogens with one attached hydrogen (secondary N) is 1. The van der Waals surface area contributed by atoms with Gasteiger partial charge in [0.2, 0.25) is 0 Å². The van der Waals surface area contributed by atoms with Crippen LogP contribution >= 0.6 is 0 Å². The molecule has 6 heteroatoms. The van der Waals surface area contributed by atoms with Crippen molar-refractivity contribution < 1.29 is 23.5 Å². The van der Waals surface area contributed by atoms with E-state index < -0.39 is 24.3 Å². The number of halogens is 1. The first-order valence-corrected chi connectivity index (χ1v) is 6.91. The third-order valence-corrected chi connectivity index (χ3v) is 3.08. The van der Waals surface area contributed by atoms with Crippen molar-refractivity contribution in [2.24, 2.45) is 0 Å². The minimum atomic E-state index is -0.873. The Hall–Kier alpha value is -2.89. The van der Waals surface area contributed by atoms with Crippen LogP contribution in [0.5, 0.6) is 5.75 Å². The third kappa shape index (κ3) is 4.81. The van der Waals surface area contributed by atoms with E-state index in [0.29, 0.717) is 6.54 Å². The van der Waals surface area contributed by atoms with Crippen LogP contribution in [0.25, 0.3) is 0 Å². The molecule has 0 atom stereocenters. The van der Waals surface area contributed by atoms with Gasteiger partial charge in [0.1, 0.15) is 11.6 Å². The number of benzene rings is 2. The average molecular weight is 317 g/mol. The summed E-state index contributed by atoms with van der Waals surface area (Å²) in [6.45, 7) is -0.177. The molecule has 0 saturated carbocycles. The lowest BCUT2D eigenvalue weighted by Crippen LogP contribution is -2.28. The fourth-order valence-corrected chi connectivity index (χ4v) is 1.83. The topological polar surface area (TPSA) is 64.6 Å². The highest BCUT2D eigenvalue weighted by Crippen LogP contribution is 2.11. The zero-order chi connectivity index (χ0) is 16.7. The standard InChI is InChI=1S/C17H16FNO4/c1-22-13-8-6-12(7-9-13)10-19-16(20)11-23-17(21)14-4-2-3-5-15(14)18/h2-9H,10-11H2,1H3,(H,19,20). The van der Waals surface area contributed by atoms with Crippen molar-refractivity contribution in [1.82, 2.24) is 5.32 Å². The molecule has 1 N–H and O–H groups in total. The first-order chi connectivity index (χ1) is 11.1. The van der Waals surface area contributed by atoms with Gasteiger partial charge in [-0.25, -0.2) is 9.18 Å². The SMILES string of the molecule is COc1ccc(CNC(=O)COC(=O)c2ccccc2F)cc1. The molecule has 5 nitrogen and oxygen atoms in total. The van der Waals surface area contributed by atoms with Gasteiger partial charge in [-0.1, -0.05) is 24.3 Å². The van der Waals surface area contributed by atoms with E-state index in [0.717, 1.165) is 17.4 Å². The summed E-state index contributed by atoms with van der Waals surface area (Å²) in [4.78, 5) is 23.3. The third-order valence-electron chi connectivity index (χ3n) is 3.08. The van der Waals surface area contributed by atoms with Crippen LogP contribution in [0, 0.1) is 5.82 Å². The minimum absolute atomic E-state index is 0.199. The van der Waals surface area contributed by atoms with Crippen LogP contribution in [0.4, 0.5) is 4.39 Å². The molecular weight excluding hydrogens is 301 g/mol. The van der Waals surface area contributed by atoms with Crippen LogP contribution in [0.1, 0.15) is 15.9 Å². The number of hydrogen-bond acceptors (Lipinski definition) is 4. The Morgan fingerprint density at radius 2 is 1.78 bits per heavy atom. The molecule has 0 heterocycles. The number of hydrogen-bond donors (Lipinski definition) is 1.